The Morgan fingerprint density at radius 3 is 2.48 bits per heavy atom. The van der Waals surface area contributed by atoms with Crippen LogP contribution in [-0.4, -0.2) is 26.5 Å². The molecule has 0 bridgehead atoms. The molecule has 2 aromatic carbocycles. The SMILES string of the molecule is CC(C)(C)c1ccc(-c2nnc(SCC(=O)NCc3ccccc3Cl)n2N)cc1. The molecule has 0 radical (unpaired) electrons. The quantitative estimate of drug-likeness (QED) is 0.456. The van der Waals surface area contributed by atoms with Crippen LogP contribution in [0.25, 0.3) is 11.4 Å². The molecule has 0 atom stereocenters. The van der Waals surface area contributed by atoms with Gasteiger partial charge in [0.2, 0.25) is 11.1 Å². The average molecular weight is 430 g/mol. The summed E-state index contributed by atoms with van der Waals surface area (Å²) in [7, 11) is 0. The Kier molecular flexibility index (Phi) is 6.49. The minimum absolute atomic E-state index is 0.0767. The van der Waals surface area contributed by atoms with Crippen molar-refractivity contribution in [3.63, 3.8) is 0 Å². The summed E-state index contributed by atoms with van der Waals surface area (Å²) >= 11 is 7.34. The summed E-state index contributed by atoms with van der Waals surface area (Å²) < 4.78 is 1.41. The summed E-state index contributed by atoms with van der Waals surface area (Å²) in [6, 6.07) is 15.5. The number of aromatic nitrogens is 3. The molecule has 0 unspecified atom stereocenters. The maximum Gasteiger partial charge on any atom is 0.230 e. The monoisotopic (exact) mass is 429 g/mol. The van der Waals surface area contributed by atoms with Gasteiger partial charge in [-0.1, -0.05) is 86.6 Å². The topological polar surface area (TPSA) is 85.8 Å². The van der Waals surface area contributed by atoms with Gasteiger partial charge < -0.3 is 11.2 Å². The lowest BCUT2D eigenvalue weighted by molar-refractivity contribution is -0.118. The number of nitrogens with two attached hydrogens (primary N) is 1. The Hall–Kier alpha value is -2.51. The highest BCUT2D eigenvalue weighted by molar-refractivity contribution is 7.99. The highest BCUT2D eigenvalue weighted by Crippen LogP contribution is 2.26. The van der Waals surface area contributed by atoms with E-state index in [1.165, 1.54) is 22.0 Å². The molecule has 3 aromatic rings. The average Bonchev–Trinajstić information content (AvgIpc) is 3.05. The van der Waals surface area contributed by atoms with Gasteiger partial charge in [0.25, 0.3) is 0 Å². The number of hydrogen-bond donors (Lipinski definition) is 2. The first-order valence-corrected chi connectivity index (χ1v) is 10.6. The second-order valence-corrected chi connectivity index (χ2v) is 9.01. The number of carbonyl (C=O) groups excluding carboxylic acids is 1. The predicted octanol–water partition coefficient (Wildman–Crippen LogP) is 4.02. The molecule has 0 spiro atoms. The molecule has 0 fully saturated rings. The molecule has 0 aliphatic rings. The summed E-state index contributed by atoms with van der Waals surface area (Å²) in [5.41, 5.74) is 3.06. The lowest BCUT2D eigenvalue weighted by Crippen LogP contribution is -2.25. The fourth-order valence-electron chi connectivity index (χ4n) is 2.71. The number of amides is 1. The first-order chi connectivity index (χ1) is 13.8. The zero-order valence-corrected chi connectivity index (χ0v) is 18.2. The van der Waals surface area contributed by atoms with Crippen molar-refractivity contribution in [2.24, 2.45) is 0 Å². The number of halogens is 1. The molecule has 1 aromatic heterocycles. The molecule has 152 valence electrons. The van der Waals surface area contributed by atoms with Crippen molar-refractivity contribution in [1.82, 2.24) is 20.2 Å². The molecule has 3 rings (SSSR count). The standard InChI is InChI=1S/C21H24ClN5OS/c1-21(2,3)16-10-8-14(9-11-16)19-25-26-20(27(19)23)29-13-18(28)24-12-15-6-4-5-7-17(15)22/h4-11H,12-13,23H2,1-3H3,(H,24,28). The summed E-state index contributed by atoms with van der Waals surface area (Å²) in [5, 5.41) is 12.3. The van der Waals surface area contributed by atoms with Gasteiger partial charge >= 0.3 is 0 Å². The van der Waals surface area contributed by atoms with Gasteiger partial charge in [-0.25, -0.2) is 4.68 Å². The summed E-state index contributed by atoms with van der Waals surface area (Å²) in [4.78, 5) is 12.1. The van der Waals surface area contributed by atoms with Crippen LogP contribution in [0.5, 0.6) is 0 Å². The van der Waals surface area contributed by atoms with E-state index in [1.54, 1.807) is 6.07 Å². The van der Waals surface area contributed by atoms with Gasteiger partial charge in [-0.2, -0.15) is 0 Å². The molecule has 0 saturated carbocycles. The van der Waals surface area contributed by atoms with Gasteiger partial charge in [0.05, 0.1) is 5.75 Å². The summed E-state index contributed by atoms with van der Waals surface area (Å²) in [6.07, 6.45) is 0. The zero-order valence-electron chi connectivity index (χ0n) is 16.6. The number of benzene rings is 2. The number of thioether (sulfide) groups is 1. The van der Waals surface area contributed by atoms with Gasteiger partial charge in [0.15, 0.2) is 5.82 Å². The molecule has 8 heteroatoms. The van der Waals surface area contributed by atoms with Crippen molar-refractivity contribution in [3.05, 3.63) is 64.7 Å². The van der Waals surface area contributed by atoms with E-state index in [4.69, 9.17) is 17.4 Å². The summed E-state index contributed by atoms with van der Waals surface area (Å²) in [6.45, 7) is 6.87. The third-order valence-electron chi connectivity index (χ3n) is 4.44. The predicted molar refractivity (Wildman–Crippen MR) is 118 cm³/mol. The van der Waals surface area contributed by atoms with Crippen LogP contribution in [0, 0.1) is 0 Å². The van der Waals surface area contributed by atoms with E-state index in [-0.39, 0.29) is 17.1 Å². The number of rotatable bonds is 6. The van der Waals surface area contributed by atoms with E-state index in [0.717, 1.165) is 11.1 Å². The third kappa shape index (κ3) is 5.31. The highest BCUT2D eigenvalue weighted by atomic mass is 35.5. The van der Waals surface area contributed by atoms with Crippen molar-refractivity contribution in [2.75, 3.05) is 11.6 Å². The van der Waals surface area contributed by atoms with Crippen LogP contribution in [0.1, 0.15) is 31.9 Å². The van der Waals surface area contributed by atoms with Gasteiger partial charge in [-0.15, -0.1) is 10.2 Å². The van der Waals surface area contributed by atoms with Crippen LogP contribution < -0.4 is 11.2 Å². The smallest absolute Gasteiger partial charge is 0.230 e. The molecule has 0 saturated heterocycles. The van der Waals surface area contributed by atoms with Crippen molar-refractivity contribution in [1.29, 1.82) is 0 Å². The minimum Gasteiger partial charge on any atom is -0.351 e. The van der Waals surface area contributed by atoms with Crippen LogP contribution in [0.3, 0.4) is 0 Å². The van der Waals surface area contributed by atoms with E-state index < -0.39 is 0 Å². The zero-order chi connectivity index (χ0) is 21.0. The number of nitrogens with zero attached hydrogens (tertiary/aromatic N) is 3. The number of carbonyl (C=O) groups is 1. The van der Waals surface area contributed by atoms with Crippen LogP contribution in [0.4, 0.5) is 0 Å². The normalized spacial score (nSPS) is 11.4. The molecular formula is C21H24ClN5OS. The van der Waals surface area contributed by atoms with E-state index in [0.29, 0.717) is 22.5 Å². The van der Waals surface area contributed by atoms with Crippen molar-refractivity contribution in [2.45, 2.75) is 37.9 Å². The molecule has 1 amide bonds. The fraction of sp³-hybridized carbons (Fsp3) is 0.286. The second kappa shape index (κ2) is 8.88. The van der Waals surface area contributed by atoms with Crippen LogP contribution >= 0.6 is 23.4 Å². The highest BCUT2D eigenvalue weighted by Gasteiger charge is 2.16. The van der Waals surface area contributed by atoms with E-state index in [2.05, 4.69) is 48.4 Å². The molecule has 1 heterocycles. The van der Waals surface area contributed by atoms with Gasteiger partial charge in [-0.05, 0) is 22.6 Å². The Morgan fingerprint density at radius 2 is 1.83 bits per heavy atom. The van der Waals surface area contributed by atoms with E-state index in [1.807, 2.05) is 30.3 Å². The van der Waals surface area contributed by atoms with Crippen molar-refractivity contribution in [3.8, 4) is 11.4 Å². The van der Waals surface area contributed by atoms with Gasteiger partial charge in [0.1, 0.15) is 0 Å². The van der Waals surface area contributed by atoms with Gasteiger partial charge in [0, 0.05) is 17.1 Å². The Labute approximate surface area is 179 Å². The van der Waals surface area contributed by atoms with Crippen LogP contribution in [0.2, 0.25) is 5.02 Å². The fourth-order valence-corrected chi connectivity index (χ4v) is 3.60. The van der Waals surface area contributed by atoms with Crippen molar-refractivity contribution >= 4 is 29.3 Å². The molecule has 0 aliphatic heterocycles. The first kappa shape index (κ1) is 21.2. The third-order valence-corrected chi connectivity index (χ3v) is 5.75. The molecule has 0 aliphatic carbocycles. The Bertz CT molecular complexity index is 995. The number of nitrogens with one attached hydrogen (secondary N) is 1. The first-order valence-electron chi connectivity index (χ1n) is 9.20. The number of hydrogen-bond acceptors (Lipinski definition) is 5. The van der Waals surface area contributed by atoms with E-state index >= 15 is 0 Å². The molecule has 3 N–H and O–H groups in total. The van der Waals surface area contributed by atoms with Crippen LogP contribution in [0.15, 0.2) is 53.7 Å². The lowest BCUT2D eigenvalue weighted by atomic mass is 9.87. The lowest BCUT2D eigenvalue weighted by Gasteiger charge is -2.19. The largest absolute Gasteiger partial charge is 0.351 e. The number of nitrogen functional groups attached to an aromatic ring is 1. The Balaban J connectivity index is 1.59. The maximum atomic E-state index is 12.1. The van der Waals surface area contributed by atoms with Gasteiger partial charge in [-0.3, -0.25) is 4.79 Å². The maximum absolute atomic E-state index is 12.1. The van der Waals surface area contributed by atoms with Crippen molar-refractivity contribution < 1.29 is 4.79 Å². The molecule has 6 nitrogen and oxygen atoms in total. The Morgan fingerprint density at radius 1 is 1.14 bits per heavy atom. The second-order valence-electron chi connectivity index (χ2n) is 7.66. The van der Waals surface area contributed by atoms with E-state index in [9.17, 15) is 4.79 Å². The molecular weight excluding hydrogens is 406 g/mol. The van der Waals surface area contributed by atoms with Crippen LogP contribution in [-0.2, 0) is 16.8 Å². The molecule has 29 heavy (non-hydrogen) atoms. The minimum atomic E-state index is -0.131. The summed E-state index contributed by atoms with van der Waals surface area (Å²) in [5.74, 6) is 6.76.